The van der Waals surface area contributed by atoms with Crippen molar-refractivity contribution in [3.63, 3.8) is 0 Å². The van der Waals surface area contributed by atoms with Gasteiger partial charge in [-0.05, 0) is 36.2 Å². The Labute approximate surface area is 149 Å². The van der Waals surface area contributed by atoms with Gasteiger partial charge in [0, 0.05) is 5.56 Å². The second kappa shape index (κ2) is 8.90. The summed E-state index contributed by atoms with van der Waals surface area (Å²) >= 11 is 0. The Morgan fingerprint density at radius 2 is 1.08 bits per heavy atom. The van der Waals surface area contributed by atoms with Crippen molar-refractivity contribution >= 4 is 0 Å². The minimum absolute atomic E-state index is 0.528. The largest absolute Gasteiger partial charge is 0.488 e. The predicted molar refractivity (Wildman–Crippen MR) is 101 cm³/mol. The average Bonchev–Trinajstić information content (AvgIpc) is 2.68. The third-order valence-electron chi connectivity index (χ3n) is 3.96. The molecule has 0 aliphatic heterocycles. The molecule has 0 spiro atoms. The molecule has 3 aromatic rings. The first-order chi connectivity index (χ1) is 12.4. The van der Waals surface area contributed by atoms with Crippen LogP contribution in [0.3, 0.4) is 0 Å². The lowest BCUT2D eigenvalue weighted by Gasteiger charge is -2.16. The van der Waals surface area contributed by atoms with Crippen molar-refractivity contribution < 1.29 is 9.47 Å². The minimum atomic E-state index is 0.528. The molecule has 128 valence electrons. The van der Waals surface area contributed by atoms with Crippen molar-refractivity contribution in [3.8, 4) is 11.5 Å². The summed E-state index contributed by atoms with van der Waals surface area (Å²) in [5.74, 6) is 1.67. The molecule has 3 rings (SSSR count). The van der Waals surface area contributed by atoms with Crippen LogP contribution >= 0.6 is 0 Å². The Kier molecular flexibility index (Phi) is 6.07. The molecular formula is C22H23NO2. The van der Waals surface area contributed by atoms with Crippen molar-refractivity contribution in [1.29, 1.82) is 0 Å². The Morgan fingerprint density at radius 3 is 1.52 bits per heavy atom. The van der Waals surface area contributed by atoms with Gasteiger partial charge in [-0.3, -0.25) is 0 Å². The summed E-state index contributed by atoms with van der Waals surface area (Å²) in [4.78, 5) is 0. The van der Waals surface area contributed by atoms with Gasteiger partial charge in [0.05, 0.1) is 0 Å². The van der Waals surface area contributed by atoms with E-state index in [9.17, 15) is 0 Å². The first-order valence-corrected chi connectivity index (χ1v) is 8.52. The molecular weight excluding hydrogens is 310 g/mol. The standard InChI is InChI=1S/C22H23NO2/c23-15-14-20-21(24-16-18-8-3-1-4-9-18)12-7-13-22(20)25-17-19-10-5-2-6-11-19/h1-13H,14-17,23H2. The number of nitrogens with two attached hydrogens (primary N) is 1. The molecule has 3 aromatic carbocycles. The monoisotopic (exact) mass is 333 g/mol. The van der Waals surface area contributed by atoms with Crippen molar-refractivity contribution in [2.45, 2.75) is 19.6 Å². The van der Waals surface area contributed by atoms with Gasteiger partial charge in [0.1, 0.15) is 24.7 Å². The molecule has 0 saturated heterocycles. The van der Waals surface area contributed by atoms with Gasteiger partial charge in [-0.15, -0.1) is 0 Å². The van der Waals surface area contributed by atoms with Gasteiger partial charge in [-0.1, -0.05) is 66.7 Å². The van der Waals surface area contributed by atoms with E-state index in [1.165, 1.54) is 0 Å². The Morgan fingerprint density at radius 1 is 0.600 bits per heavy atom. The number of rotatable bonds is 8. The molecule has 0 radical (unpaired) electrons. The van der Waals surface area contributed by atoms with Crippen LogP contribution in [0.4, 0.5) is 0 Å². The highest BCUT2D eigenvalue weighted by molar-refractivity contribution is 5.45. The van der Waals surface area contributed by atoms with Crippen LogP contribution in [-0.2, 0) is 19.6 Å². The van der Waals surface area contributed by atoms with Gasteiger partial charge >= 0.3 is 0 Å². The zero-order valence-corrected chi connectivity index (χ0v) is 14.2. The zero-order chi connectivity index (χ0) is 17.3. The first-order valence-electron chi connectivity index (χ1n) is 8.52. The smallest absolute Gasteiger partial charge is 0.126 e. The van der Waals surface area contributed by atoms with Gasteiger partial charge < -0.3 is 15.2 Å². The maximum absolute atomic E-state index is 6.03. The SMILES string of the molecule is NCCc1c(OCc2ccccc2)cccc1OCc1ccccc1. The second-order valence-corrected chi connectivity index (χ2v) is 5.82. The van der Waals surface area contributed by atoms with E-state index in [-0.39, 0.29) is 0 Å². The molecule has 0 aliphatic carbocycles. The van der Waals surface area contributed by atoms with Crippen LogP contribution in [0.15, 0.2) is 78.9 Å². The third-order valence-corrected chi connectivity index (χ3v) is 3.96. The van der Waals surface area contributed by atoms with E-state index in [2.05, 4.69) is 24.3 Å². The molecule has 0 aliphatic rings. The van der Waals surface area contributed by atoms with Crippen LogP contribution in [0, 0.1) is 0 Å². The molecule has 0 heterocycles. The van der Waals surface area contributed by atoms with E-state index in [4.69, 9.17) is 15.2 Å². The molecule has 25 heavy (non-hydrogen) atoms. The highest BCUT2D eigenvalue weighted by atomic mass is 16.5. The number of hydrogen-bond acceptors (Lipinski definition) is 3. The van der Waals surface area contributed by atoms with Gasteiger partial charge in [-0.2, -0.15) is 0 Å². The number of ether oxygens (including phenoxy) is 2. The van der Waals surface area contributed by atoms with E-state index in [1.54, 1.807) is 0 Å². The van der Waals surface area contributed by atoms with Crippen LogP contribution in [0.5, 0.6) is 11.5 Å². The maximum atomic E-state index is 6.03. The molecule has 0 aromatic heterocycles. The molecule has 0 amide bonds. The fraction of sp³-hybridized carbons (Fsp3) is 0.182. The quantitative estimate of drug-likeness (QED) is 0.667. The summed E-state index contributed by atoms with van der Waals surface area (Å²) in [5, 5.41) is 0. The van der Waals surface area contributed by atoms with E-state index in [0.717, 1.165) is 34.6 Å². The molecule has 0 unspecified atom stereocenters. The van der Waals surface area contributed by atoms with Crippen molar-refractivity contribution in [1.82, 2.24) is 0 Å². The van der Waals surface area contributed by atoms with E-state index < -0.39 is 0 Å². The van der Waals surface area contributed by atoms with Crippen LogP contribution in [0.2, 0.25) is 0 Å². The number of benzene rings is 3. The van der Waals surface area contributed by atoms with Gasteiger partial charge in [0.15, 0.2) is 0 Å². The molecule has 0 saturated carbocycles. The van der Waals surface area contributed by atoms with E-state index in [1.807, 2.05) is 54.6 Å². The summed E-state index contributed by atoms with van der Waals surface area (Å²) in [7, 11) is 0. The number of hydrogen-bond donors (Lipinski definition) is 1. The second-order valence-electron chi connectivity index (χ2n) is 5.82. The summed E-state index contributed by atoms with van der Waals surface area (Å²) in [5.41, 5.74) is 9.10. The summed E-state index contributed by atoms with van der Waals surface area (Å²) in [6, 6.07) is 26.2. The summed E-state index contributed by atoms with van der Waals surface area (Å²) in [6.07, 6.45) is 0.717. The first kappa shape index (κ1) is 17.1. The molecule has 0 bridgehead atoms. The highest BCUT2D eigenvalue weighted by Gasteiger charge is 2.11. The van der Waals surface area contributed by atoms with E-state index in [0.29, 0.717) is 19.8 Å². The van der Waals surface area contributed by atoms with Gasteiger partial charge in [0.2, 0.25) is 0 Å². The van der Waals surface area contributed by atoms with Crippen LogP contribution < -0.4 is 15.2 Å². The lowest BCUT2D eigenvalue weighted by molar-refractivity contribution is 0.284. The lowest BCUT2D eigenvalue weighted by Crippen LogP contribution is -2.08. The van der Waals surface area contributed by atoms with Crippen molar-refractivity contribution in [2.24, 2.45) is 5.73 Å². The van der Waals surface area contributed by atoms with Crippen molar-refractivity contribution in [3.05, 3.63) is 95.6 Å². The van der Waals surface area contributed by atoms with Gasteiger partial charge in [0.25, 0.3) is 0 Å². The fourth-order valence-corrected chi connectivity index (χ4v) is 2.68. The predicted octanol–water partition coefficient (Wildman–Crippen LogP) is 4.35. The lowest BCUT2D eigenvalue weighted by atomic mass is 10.1. The minimum Gasteiger partial charge on any atom is -0.488 e. The Bertz CT molecular complexity index is 711. The summed E-state index contributed by atoms with van der Waals surface area (Å²) in [6.45, 7) is 1.61. The topological polar surface area (TPSA) is 44.5 Å². The fourth-order valence-electron chi connectivity index (χ4n) is 2.68. The molecule has 2 N–H and O–H groups in total. The molecule has 0 atom stereocenters. The molecule has 0 fully saturated rings. The zero-order valence-electron chi connectivity index (χ0n) is 14.2. The highest BCUT2D eigenvalue weighted by Crippen LogP contribution is 2.30. The van der Waals surface area contributed by atoms with Gasteiger partial charge in [-0.25, -0.2) is 0 Å². The Balaban J connectivity index is 1.74. The normalized spacial score (nSPS) is 10.4. The maximum Gasteiger partial charge on any atom is 0.126 e. The van der Waals surface area contributed by atoms with Crippen molar-refractivity contribution in [2.75, 3.05) is 6.54 Å². The molecule has 3 nitrogen and oxygen atoms in total. The third kappa shape index (κ3) is 4.85. The average molecular weight is 333 g/mol. The summed E-state index contributed by atoms with van der Waals surface area (Å²) < 4.78 is 12.1. The van der Waals surface area contributed by atoms with E-state index >= 15 is 0 Å². The van der Waals surface area contributed by atoms with Crippen LogP contribution in [-0.4, -0.2) is 6.54 Å². The molecule has 3 heteroatoms. The van der Waals surface area contributed by atoms with Crippen LogP contribution in [0.25, 0.3) is 0 Å². The Hall–Kier alpha value is -2.78. The van der Waals surface area contributed by atoms with Crippen LogP contribution in [0.1, 0.15) is 16.7 Å².